The quantitative estimate of drug-likeness (QED) is 0.635. The van der Waals surface area contributed by atoms with Crippen LogP contribution in [0.1, 0.15) is 19.4 Å². The van der Waals surface area contributed by atoms with Crippen molar-refractivity contribution in [2.45, 2.75) is 13.8 Å². The van der Waals surface area contributed by atoms with Gasteiger partial charge in [-0.1, -0.05) is 12.1 Å². The molecule has 0 bridgehead atoms. The van der Waals surface area contributed by atoms with Gasteiger partial charge in [0.15, 0.2) is 0 Å². The van der Waals surface area contributed by atoms with Crippen LogP contribution in [0.5, 0.6) is 0 Å². The van der Waals surface area contributed by atoms with Crippen molar-refractivity contribution < 1.29 is 9.59 Å². The monoisotopic (exact) mass is 309 g/mol. The zero-order valence-corrected chi connectivity index (χ0v) is 13.8. The number of carbonyl (C=O) groups is 2. The third-order valence-electron chi connectivity index (χ3n) is 3.86. The Labute approximate surface area is 136 Å². The van der Waals surface area contributed by atoms with Crippen LogP contribution in [0.2, 0.25) is 0 Å². The number of carbonyl (C=O) groups excluding carboxylic acids is 2. The lowest BCUT2D eigenvalue weighted by atomic mass is 9.93. The first-order chi connectivity index (χ1) is 10.9. The Morgan fingerprint density at radius 3 is 2.26 bits per heavy atom. The Bertz CT molecular complexity index is 749. The molecule has 23 heavy (non-hydrogen) atoms. The average molecular weight is 309 g/mol. The fourth-order valence-corrected chi connectivity index (χ4v) is 2.45. The first kappa shape index (κ1) is 16.5. The first-order valence-electron chi connectivity index (χ1n) is 7.37. The molecular formula is C18H19N3O2. The number of benzene rings is 1. The van der Waals surface area contributed by atoms with E-state index in [0.717, 1.165) is 16.2 Å². The summed E-state index contributed by atoms with van der Waals surface area (Å²) in [4.78, 5) is 27.7. The maximum atomic E-state index is 12.5. The van der Waals surface area contributed by atoms with E-state index in [1.165, 1.54) is 0 Å². The predicted molar refractivity (Wildman–Crippen MR) is 89.5 cm³/mol. The van der Waals surface area contributed by atoms with Crippen LogP contribution in [0.4, 0.5) is 5.69 Å². The van der Waals surface area contributed by atoms with Gasteiger partial charge in [-0.2, -0.15) is 5.26 Å². The summed E-state index contributed by atoms with van der Waals surface area (Å²) in [7, 11) is 3.91. The van der Waals surface area contributed by atoms with Gasteiger partial charge < -0.3 is 4.90 Å². The standard InChI is InChI=1S/C18H19N3O2/c1-5-21-17(22)15(12(2)16(11-19)18(21)23)10-13-6-8-14(9-7-13)20(3)4/h6-10H,5H2,1-4H3/b15-10+. The zero-order chi connectivity index (χ0) is 17.1. The number of anilines is 1. The summed E-state index contributed by atoms with van der Waals surface area (Å²) in [6.45, 7) is 3.60. The molecule has 1 aromatic carbocycles. The second-order valence-corrected chi connectivity index (χ2v) is 5.51. The lowest BCUT2D eigenvalue weighted by molar-refractivity contribution is -0.140. The van der Waals surface area contributed by atoms with Crippen LogP contribution in [0.25, 0.3) is 6.08 Å². The van der Waals surface area contributed by atoms with Crippen molar-refractivity contribution in [3.05, 3.63) is 46.5 Å². The van der Waals surface area contributed by atoms with E-state index in [2.05, 4.69) is 0 Å². The molecule has 118 valence electrons. The summed E-state index contributed by atoms with van der Waals surface area (Å²) in [6, 6.07) is 9.63. The van der Waals surface area contributed by atoms with Crippen LogP contribution in [-0.2, 0) is 9.59 Å². The minimum atomic E-state index is -0.516. The Morgan fingerprint density at radius 2 is 1.78 bits per heavy atom. The fourth-order valence-electron chi connectivity index (χ4n) is 2.45. The van der Waals surface area contributed by atoms with E-state index in [1.807, 2.05) is 49.3 Å². The molecule has 0 radical (unpaired) electrons. The summed E-state index contributed by atoms with van der Waals surface area (Å²) in [5.41, 5.74) is 2.76. The van der Waals surface area contributed by atoms with Gasteiger partial charge >= 0.3 is 0 Å². The number of imide groups is 1. The fraction of sp³-hybridized carbons (Fsp3) is 0.278. The summed E-state index contributed by atoms with van der Waals surface area (Å²) in [6.07, 6.45) is 1.73. The van der Waals surface area contributed by atoms with Crippen molar-refractivity contribution in [3.63, 3.8) is 0 Å². The minimum absolute atomic E-state index is 0.0302. The topological polar surface area (TPSA) is 64.4 Å². The summed E-state index contributed by atoms with van der Waals surface area (Å²) in [5.74, 6) is -0.872. The van der Waals surface area contributed by atoms with Gasteiger partial charge in [0.25, 0.3) is 11.8 Å². The third-order valence-corrected chi connectivity index (χ3v) is 3.86. The molecule has 1 aliphatic heterocycles. The van der Waals surface area contributed by atoms with Crippen molar-refractivity contribution in [2.75, 3.05) is 25.5 Å². The van der Waals surface area contributed by atoms with Crippen LogP contribution in [0, 0.1) is 11.3 Å². The zero-order valence-electron chi connectivity index (χ0n) is 13.8. The second-order valence-electron chi connectivity index (χ2n) is 5.51. The molecule has 5 heteroatoms. The van der Waals surface area contributed by atoms with Gasteiger partial charge in [-0.05, 0) is 43.2 Å². The first-order valence-corrected chi connectivity index (χ1v) is 7.37. The van der Waals surface area contributed by atoms with Gasteiger partial charge in [0.1, 0.15) is 11.6 Å². The molecule has 0 saturated heterocycles. The number of rotatable bonds is 3. The van der Waals surface area contributed by atoms with Crippen LogP contribution >= 0.6 is 0 Å². The molecule has 0 aromatic heterocycles. The second kappa shape index (κ2) is 6.49. The molecule has 0 fully saturated rings. The van der Waals surface area contributed by atoms with Crippen molar-refractivity contribution in [1.82, 2.24) is 4.90 Å². The highest BCUT2D eigenvalue weighted by Gasteiger charge is 2.34. The number of hydrogen-bond donors (Lipinski definition) is 0. The van der Waals surface area contributed by atoms with Gasteiger partial charge in [0.2, 0.25) is 0 Å². The molecule has 0 aliphatic carbocycles. The van der Waals surface area contributed by atoms with E-state index < -0.39 is 5.91 Å². The average Bonchev–Trinajstić information content (AvgIpc) is 2.53. The normalized spacial score (nSPS) is 16.8. The predicted octanol–water partition coefficient (Wildman–Crippen LogP) is 2.36. The molecular weight excluding hydrogens is 290 g/mol. The lowest BCUT2D eigenvalue weighted by Gasteiger charge is -2.26. The Balaban J connectivity index is 2.51. The molecule has 2 rings (SSSR count). The van der Waals surface area contributed by atoms with Crippen LogP contribution < -0.4 is 4.90 Å². The van der Waals surface area contributed by atoms with E-state index in [0.29, 0.717) is 11.1 Å². The van der Waals surface area contributed by atoms with Crippen LogP contribution in [-0.4, -0.2) is 37.4 Å². The van der Waals surface area contributed by atoms with E-state index in [1.54, 1.807) is 19.9 Å². The molecule has 1 aliphatic rings. The molecule has 0 atom stereocenters. The van der Waals surface area contributed by atoms with Crippen LogP contribution in [0.3, 0.4) is 0 Å². The lowest BCUT2D eigenvalue weighted by Crippen LogP contribution is -2.42. The van der Waals surface area contributed by atoms with Gasteiger partial charge in [-0.25, -0.2) is 0 Å². The number of nitrogens with zero attached hydrogens (tertiary/aromatic N) is 3. The van der Waals surface area contributed by atoms with Gasteiger partial charge in [0, 0.05) is 31.9 Å². The third kappa shape index (κ3) is 3.02. The number of amides is 2. The van der Waals surface area contributed by atoms with E-state index in [-0.39, 0.29) is 18.0 Å². The summed E-state index contributed by atoms with van der Waals surface area (Å²) >= 11 is 0. The van der Waals surface area contributed by atoms with E-state index in [9.17, 15) is 14.9 Å². The van der Waals surface area contributed by atoms with Gasteiger partial charge in [-0.3, -0.25) is 14.5 Å². The molecule has 0 saturated carbocycles. The van der Waals surface area contributed by atoms with Crippen molar-refractivity contribution in [2.24, 2.45) is 0 Å². The molecule has 0 N–H and O–H groups in total. The van der Waals surface area contributed by atoms with E-state index >= 15 is 0 Å². The number of nitriles is 1. The molecule has 2 amide bonds. The minimum Gasteiger partial charge on any atom is -0.378 e. The van der Waals surface area contributed by atoms with Gasteiger partial charge in [0.05, 0.1) is 0 Å². The number of likely N-dealkylation sites (N-methyl/N-ethyl adjacent to an activating group) is 1. The largest absolute Gasteiger partial charge is 0.378 e. The maximum Gasteiger partial charge on any atom is 0.271 e. The number of hydrogen-bond acceptors (Lipinski definition) is 4. The Hall–Kier alpha value is -2.87. The highest BCUT2D eigenvalue weighted by molar-refractivity contribution is 6.19. The smallest absolute Gasteiger partial charge is 0.271 e. The van der Waals surface area contributed by atoms with Crippen molar-refractivity contribution in [1.29, 1.82) is 5.26 Å². The highest BCUT2D eigenvalue weighted by atomic mass is 16.2. The molecule has 1 heterocycles. The SMILES string of the molecule is CCN1C(=O)C(C#N)=C(C)/C(=C\c2ccc(N(C)C)cc2)C1=O. The molecule has 5 nitrogen and oxygen atoms in total. The Kier molecular flexibility index (Phi) is 4.65. The van der Waals surface area contributed by atoms with Crippen molar-refractivity contribution in [3.8, 4) is 6.07 Å². The van der Waals surface area contributed by atoms with Crippen LogP contribution in [0.15, 0.2) is 41.0 Å². The van der Waals surface area contributed by atoms with E-state index in [4.69, 9.17) is 0 Å². The molecule has 0 unspecified atom stereocenters. The molecule has 1 aromatic rings. The Morgan fingerprint density at radius 1 is 1.17 bits per heavy atom. The summed E-state index contributed by atoms with van der Waals surface area (Å²) < 4.78 is 0. The van der Waals surface area contributed by atoms with Crippen molar-refractivity contribution >= 4 is 23.6 Å². The van der Waals surface area contributed by atoms with Gasteiger partial charge in [-0.15, -0.1) is 0 Å². The highest BCUT2D eigenvalue weighted by Crippen LogP contribution is 2.27. The molecule has 0 spiro atoms. The summed E-state index contributed by atoms with van der Waals surface area (Å²) in [5, 5.41) is 9.21. The maximum absolute atomic E-state index is 12.5.